The van der Waals surface area contributed by atoms with Crippen LogP contribution in [0, 0.1) is 11.8 Å². The minimum Gasteiger partial charge on any atom is -0.0850 e. The molecule has 2 unspecified atom stereocenters. The zero-order valence-corrected chi connectivity index (χ0v) is 8.97. The zero-order valence-electron chi connectivity index (χ0n) is 8.97. The predicted octanol–water partition coefficient (Wildman–Crippen LogP) is 4.23. The van der Waals surface area contributed by atoms with Crippen LogP contribution in [0.3, 0.4) is 0 Å². The van der Waals surface area contributed by atoms with Crippen LogP contribution in [0.5, 0.6) is 0 Å². The number of fused-ring (bicyclic) bond motifs is 1. The molecule has 1 fully saturated rings. The van der Waals surface area contributed by atoms with E-state index in [1.54, 1.807) is 5.57 Å². The molecule has 0 aromatic heterocycles. The number of rotatable bonds is 1. The Morgan fingerprint density at radius 3 is 2.50 bits per heavy atom. The second kappa shape index (κ2) is 3.56. The van der Waals surface area contributed by atoms with Gasteiger partial charge in [-0.15, -0.1) is 0 Å². The lowest BCUT2D eigenvalue weighted by atomic mass is 9.61. The van der Waals surface area contributed by atoms with Crippen LogP contribution in [-0.2, 0) is 0 Å². The van der Waals surface area contributed by atoms with Crippen molar-refractivity contribution in [3.63, 3.8) is 0 Å². The summed E-state index contributed by atoms with van der Waals surface area (Å²) >= 11 is 0. The van der Waals surface area contributed by atoms with Crippen LogP contribution in [-0.4, -0.2) is 0 Å². The average molecular weight is 188 g/mol. The van der Waals surface area contributed by atoms with Gasteiger partial charge in [-0.25, -0.2) is 0 Å². The maximum absolute atomic E-state index is 2.56. The Morgan fingerprint density at radius 2 is 1.71 bits per heavy atom. The minimum atomic E-state index is 0.974. The van der Waals surface area contributed by atoms with Crippen LogP contribution in [0.4, 0.5) is 0 Å². The maximum Gasteiger partial charge on any atom is -0.0100 e. The molecule has 0 heteroatoms. The molecule has 0 nitrogen and oxygen atoms in total. The van der Waals surface area contributed by atoms with Crippen LogP contribution >= 0.6 is 0 Å². The summed E-state index contributed by atoms with van der Waals surface area (Å²) in [6.45, 7) is 0. The molecular weight excluding hydrogens is 168 g/mol. The molecule has 76 valence electrons. The highest BCUT2D eigenvalue weighted by Gasteiger charge is 2.38. The molecule has 0 aliphatic heterocycles. The van der Waals surface area contributed by atoms with Crippen molar-refractivity contribution >= 4 is 0 Å². The molecule has 3 aliphatic carbocycles. The second-order valence-electron chi connectivity index (χ2n) is 5.15. The molecule has 2 atom stereocenters. The van der Waals surface area contributed by atoms with E-state index in [1.165, 1.54) is 51.4 Å². The van der Waals surface area contributed by atoms with E-state index < -0.39 is 0 Å². The highest BCUT2D eigenvalue weighted by Crippen LogP contribution is 2.50. The van der Waals surface area contributed by atoms with Crippen molar-refractivity contribution in [3.05, 3.63) is 23.3 Å². The quantitative estimate of drug-likeness (QED) is 0.540. The van der Waals surface area contributed by atoms with Crippen LogP contribution in [0.25, 0.3) is 0 Å². The Hall–Kier alpha value is -0.520. The SMILES string of the molecule is C1=C2CC(C3=CCCCC3)C2CCC1. The van der Waals surface area contributed by atoms with Crippen molar-refractivity contribution in [2.24, 2.45) is 11.8 Å². The first kappa shape index (κ1) is 8.76. The molecule has 0 N–H and O–H groups in total. The molecule has 0 spiro atoms. The van der Waals surface area contributed by atoms with Gasteiger partial charge in [0.15, 0.2) is 0 Å². The van der Waals surface area contributed by atoms with E-state index in [0.717, 1.165) is 11.8 Å². The lowest BCUT2D eigenvalue weighted by Crippen LogP contribution is -2.32. The Balaban J connectivity index is 1.73. The molecule has 0 radical (unpaired) electrons. The number of hydrogen-bond acceptors (Lipinski definition) is 0. The molecule has 3 rings (SSSR count). The van der Waals surface area contributed by atoms with Gasteiger partial charge in [0.25, 0.3) is 0 Å². The Morgan fingerprint density at radius 1 is 0.857 bits per heavy atom. The van der Waals surface area contributed by atoms with Gasteiger partial charge in [0.05, 0.1) is 0 Å². The van der Waals surface area contributed by atoms with Gasteiger partial charge in [0.1, 0.15) is 0 Å². The summed E-state index contributed by atoms with van der Waals surface area (Å²) in [6, 6.07) is 0. The van der Waals surface area contributed by atoms with E-state index in [1.807, 2.05) is 5.57 Å². The molecule has 0 aromatic rings. The third-order valence-electron chi connectivity index (χ3n) is 4.35. The fourth-order valence-corrected chi connectivity index (χ4v) is 3.48. The van der Waals surface area contributed by atoms with E-state index in [9.17, 15) is 0 Å². The van der Waals surface area contributed by atoms with Gasteiger partial charge in [-0.05, 0) is 63.2 Å². The fraction of sp³-hybridized carbons (Fsp3) is 0.714. The highest BCUT2D eigenvalue weighted by atomic mass is 14.4. The Bertz CT molecular complexity index is 282. The van der Waals surface area contributed by atoms with Crippen molar-refractivity contribution in [2.75, 3.05) is 0 Å². The predicted molar refractivity (Wildman–Crippen MR) is 60.1 cm³/mol. The van der Waals surface area contributed by atoms with E-state index >= 15 is 0 Å². The number of hydrogen-bond donors (Lipinski definition) is 0. The van der Waals surface area contributed by atoms with Crippen molar-refractivity contribution in [1.29, 1.82) is 0 Å². The molecule has 1 saturated carbocycles. The van der Waals surface area contributed by atoms with E-state index in [-0.39, 0.29) is 0 Å². The summed E-state index contributed by atoms with van der Waals surface area (Å²) in [5.74, 6) is 1.95. The molecule has 0 bridgehead atoms. The third-order valence-corrected chi connectivity index (χ3v) is 4.35. The monoisotopic (exact) mass is 188 g/mol. The van der Waals surface area contributed by atoms with Gasteiger partial charge in [-0.1, -0.05) is 23.3 Å². The van der Waals surface area contributed by atoms with Gasteiger partial charge >= 0.3 is 0 Å². The van der Waals surface area contributed by atoms with Gasteiger partial charge in [-0.3, -0.25) is 0 Å². The Labute approximate surface area is 87.1 Å². The molecule has 0 heterocycles. The molecule has 0 aromatic carbocycles. The topological polar surface area (TPSA) is 0 Å². The normalized spacial score (nSPS) is 36.6. The minimum absolute atomic E-state index is 0.974. The summed E-state index contributed by atoms with van der Waals surface area (Å²) in [6.07, 6.45) is 16.4. The number of allylic oxidation sites excluding steroid dienone is 4. The van der Waals surface area contributed by atoms with Crippen molar-refractivity contribution in [3.8, 4) is 0 Å². The zero-order chi connectivity index (χ0) is 9.38. The van der Waals surface area contributed by atoms with Crippen molar-refractivity contribution < 1.29 is 0 Å². The van der Waals surface area contributed by atoms with Crippen LogP contribution in [0.15, 0.2) is 23.3 Å². The molecule has 0 amide bonds. The van der Waals surface area contributed by atoms with Crippen molar-refractivity contribution in [1.82, 2.24) is 0 Å². The van der Waals surface area contributed by atoms with Gasteiger partial charge in [0, 0.05) is 0 Å². The van der Waals surface area contributed by atoms with E-state index in [2.05, 4.69) is 12.2 Å². The van der Waals surface area contributed by atoms with Gasteiger partial charge < -0.3 is 0 Å². The third kappa shape index (κ3) is 1.36. The van der Waals surface area contributed by atoms with E-state index in [0.29, 0.717) is 0 Å². The molecule has 14 heavy (non-hydrogen) atoms. The summed E-state index contributed by atoms with van der Waals surface area (Å²) in [5.41, 5.74) is 3.62. The van der Waals surface area contributed by atoms with Crippen LogP contribution in [0.2, 0.25) is 0 Å². The first-order valence-electron chi connectivity index (χ1n) is 6.33. The molecule has 3 aliphatic rings. The van der Waals surface area contributed by atoms with Gasteiger partial charge in [-0.2, -0.15) is 0 Å². The van der Waals surface area contributed by atoms with Crippen molar-refractivity contribution in [2.45, 2.75) is 51.4 Å². The average Bonchev–Trinajstić information content (AvgIpc) is 2.22. The first-order valence-corrected chi connectivity index (χ1v) is 6.33. The van der Waals surface area contributed by atoms with Crippen LogP contribution < -0.4 is 0 Å². The molecular formula is C14H20. The highest BCUT2D eigenvalue weighted by molar-refractivity contribution is 5.29. The summed E-state index contributed by atoms with van der Waals surface area (Å²) in [7, 11) is 0. The van der Waals surface area contributed by atoms with Crippen LogP contribution in [0.1, 0.15) is 51.4 Å². The lowest BCUT2D eigenvalue weighted by Gasteiger charge is -2.44. The Kier molecular flexibility index (Phi) is 2.23. The summed E-state index contributed by atoms with van der Waals surface area (Å²) in [4.78, 5) is 0. The lowest BCUT2D eigenvalue weighted by molar-refractivity contribution is 0.272. The molecule has 0 saturated heterocycles. The summed E-state index contributed by atoms with van der Waals surface area (Å²) < 4.78 is 0. The first-order chi connectivity index (χ1) is 6.95. The smallest absolute Gasteiger partial charge is 0.0100 e. The van der Waals surface area contributed by atoms with E-state index in [4.69, 9.17) is 0 Å². The second-order valence-corrected chi connectivity index (χ2v) is 5.15. The summed E-state index contributed by atoms with van der Waals surface area (Å²) in [5, 5.41) is 0. The maximum atomic E-state index is 2.56. The standard InChI is InChI=1S/C14H20/c1-2-6-11(7-3-1)14-10-12-8-4-5-9-13(12)14/h6,8,13-14H,1-5,7,9-10H2. The fourth-order valence-electron chi connectivity index (χ4n) is 3.48. The largest absolute Gasteiger partial charge is 0.0850 e. The van der Waals surface area contributed by atoms with Gasteiger partial charge in [0.2, 0.25) is 0 Å².